The Morgan fingerprint density at radius 1 is 0.895 bits per heavy atom. The van der Waals surface area contributed by atoms with Crippen molar-refractivity contribution in [3.05, 3.63) is 12.1 Å². The second kappa shape index (κ2) is 12.0. The van der Waals surface area contributed by atoms with E-state index in [1.807, 2.05) is 17.8 Å². The van der Waals surface area contributed by atoms with Gasteiger partial charge in [0.25, 0.3) is 0 Å². The predicted molar refractivity (Wildman–Crippen MR) is 92.7 cm³/mol. The van der Waals surface area contributed by atoms with E-state index in [2.05, 4.69) is 13.0 Å². The maximum atomic E-state index is 5.13. The van der Waals surface area contributed by atoms with Gasteiger partial charge in [-0.1, -0.05) is 77.3 Å². The first-order chi connectivity index (χ1) is 9.33. The van der Waals surface area contributed by atoms with Gasteiger partial charge < -0.3 is 0 Å². The number of thioether (sulfide) groups is 1. The minimum absolute atomic E-state index is 1.02. The summed E-state index contributed by atoms with van der Waals surface area (Å²) in [6, 6.07) is 4.20. The molecule has 0 bridgehead atoms. The molecule has 0 aliphatic carbocycles. The van der Waals surface area contributed by atoms with Crippen molar-refractivity contribution in [1.29, 1.82) is 0 Å². The molecular formula is C16H27S3. The van der Waals surface area contributed by atoms with E-state index in [1.54, 1.807) is 11.3 Å². The van der Waals surface area contributed by atoms with Gasteiger partial charge in [0.2, 0.25) is 0 Å². The molecule has 109 valence electrons. The average Bonchev–Trinajstić information content (AvgIpc) is 2.82. The van der Waals surface area contributed by atoms with Crippen LogP contribution in [0.25, 0.3) is 0 Å². The number of thiophene rings is 1. The largest absolute Gasteiger partial charge is 0.118 e. The highest BCUT2D eigenvalue weighted by Gasteiger charge is 1.98. The van der Waals surface area contributed by atoms with Crippen LogP contribution in [0, 0.1) is 0 Å². The lowest BCUT2D eigenvalue weighted by atomic mass is 10.1. The van der Waals surface area contributed by atoms with Crippen LogP contribution >= 0.6 is 35.7 Å². The van der Waals surface area contributed by atoms with Gasteiger partial charge in [-0.05, 0) is 24.3 Å². The molecule has 0 saturated carbocycles. The molecule has 0 amide bonds. The van der Waals surface area contributed by atoms with E-state index in [4.69, 9.17) is 12.6 Å². The van der Waals surface area contributed by atoms with Gasteiger partial charge in [-0.2, -0.15) is 0 Å². The summed E-state index contributed by atoms with van der Waals surface area (Å²) in [5.74, 6) is 1.26. The van der Waals surface area contributed by atoms with Crippen LogP contribution < -0.4 is 0 Å². The summed E-state index contributed by atoms with van der Waals surface area (Å²) in [6.07, 6.45) is 14.2. The molecule has 0 unspecified atom stereocenters. The highest BCUT2D eigenvalue weighted by molar-refractivity contribution is 8.01. The van der Waals surface area contributed by atoms with Gasteiger partial charge in [0.05, 0.1) is 8.42 Å². The van der Waals surface area contributed by atoms with Crippen LogP contribution in [0.5, 0.6) is 0 Å². The summed E-state index contributed by atoms with van der Waals surface area (Å²) in [5.41, 5.74) is 0. The molecule has 0 spiro atoms. The summed E-state index contributed by atoms with van der Waals surface area (Å²) in [6.45, 7) is 2.28. The highest BCUT2D eigenvalue weighted by Crippen LogP contribution is 2.29. The van der Waals surface area contributed by atoms with Crippen molar-refractivity contribution >= 4 is 35.7 Å². The topological polar surface area (TPSA) is 0 Å². The zero-order chi connectivity index (χ0) is 13.8. The van der Waals surface area contributed by atoms with Crippen LogP contribution in [-0.4, -0.2) is 5.75 Å². The zero-order valence-electron chi connectivity index (χ0n) is 12.2. The normalized spacial score (nSPS) is 11.0. The van der Waals surface area contributed by atoms with E-state index in [0.29, 0.717) is 0 Å². The van der Waals surface area contributed by atoms with E-state index in [9.17, 15) is 0 Å². The molecule has 3 heteroatoms. The molecular weight excluding hydrogens is 288 g/mol. The fraction of sp³-hybridized carbons (Fsp3) is 0.750. The Morgan fingerprint density at radius 2 is 1.47 bits per heavy atom. The second-order valence-electron chi connectivity index (χ2n) is 5.10. The van der Waals surface area contributed by atoms with Crippen LogP contribution in [0.15, 0.2) is 20.6 Å². The molecule has 0 aromatic carbocycles. The molecule has 1 aromatic rings. The molecule has 0 nitrogen and oxygen atoms in total. The van der Waals surface area contributed by atoms with Crippen molar-refractivity contribution in [2.24, 2.45) is 0 Å². The molecule has 0 atom stereocenters. The Hall–Kier alpha value is 0.270. The van der Waals surface area contributed by atoms with Crippen LogP contribution in [0.1, 0.15) is 71.1 Å². The van der Waals surface area contributed by atoms with Crippen molar-refractivity contribution in [2.75, 3.05) is 5.75 Å². The fourth-order valence-electron chi connectivity index (χ4n) is 2.14. The molecule has 1 radical (unpaired) electrons. The standard InChI is InChI=1S/C16H27S3/c1-2-3-4-5-6-7-8-9-10-11-14-18-16-13-12-15(17)19-16/h12-13H,2-11,14H2,1H3. The van der Waals surface area contributed by atoms with Gasteiger partial charge >= 0.3 is 0 Å². The Labute approximate surface area is 133 Å². The van der Waals surface area contributed by atoms with Gasteiger partial charge in [-0.3, -0.25) is 0 Å². The summed E-state index contributed by atoms with van der Waals surface area (Å²) < 4.78 is 2.41. The number of unbranched alkanes of at least 4 members (excludes halogenated alkanes) is 9. The third-order valence-corrected chi connectivity index (χ3v) is 5.88. The van der Waals surface area contributed by atoms with E-state index in [-0.39, 0.29) is 0 Å². The maximum absolute atomic E-state index is 5.13. The molecule has 0 N–H and O–H groups in total. The first-order valence-electron chi connectivity index (χ1n) is 7.72. The third-order valence-electron chi connectivity index (χ3n) is 3.30. The third kappa shape index (κ3) is 9.75. The molecule has 0 fully saturated rings. The molecule has 19 heavy (non-hydrogen) atoms. The fourth-order valence-corrected chi connectivity index (χ4v) is 4.58. The highest BCUT2D eigenvalue weighted by atomic mass is 32.2. The van der Waals surface area contributed by atoms with Gasteiger partial charge in [0.15, 0.2) is 0 Å². The van der Waals surface area contributed by atoms with Crippen LogP contribution in [0.4, 0.5) is 0 Å². The van der Waals surface area contributed by atoms with Gasteiger partial charge in [-0.25, -0.2) is 0 Å². The minimum Gasteiger partial charge on any atom is -0.118 e. The minimum atomic E-state index is 1.02. The zero-order valence-corrected chi connectivity index (χ0v) is 14.6. The summed E-state index contributed by atoms with van der Waals surface area (Å²) >= 11 is 8.84. The Balaban J connectivity index is 1.79. The van der Waals surface area contributed by atoms with Gasteiger partial charge in [0, 0.05) is 0 Å². The SMILES string of the molecule is CCCCCCCCCCCCSc1ccc([S])s1. The molecule has 0 saturated heterocycles. The molecule has 0 aliphatic rings. The molecule has 0 aliphatic heterocycles. The second-order valence-corrected chi connectivity index (χ2v) is 8.28. The summed E-state index contributed by atoms with van der Waals surface area (Å²) in [4.78, 5) is 0. The van der Waals surface area contributed by atoms with E-state index in [0.717, 1.165) is 4.21 Å². The van der Waals surface area contributed by atoms with Crippen molar-refractivity contribution in [3.8, 4) is 0 Å². The van der Waals surface area contributed by atoms with Gasteiger partial charge in [-0.15, -0.1) is 23.1 Å². The number of hydrogen-bond donors (Lipinski definition) is 0. The van der Waals surface area contributed by atoms with Crippen LogP contribution in [0.3, 0.4) is 0 Å². The lowest BCUT2D eigenvalue weighted by molar-refractivity contribution is 0.563. The monoisotopic (exact) mass is 315 g/mol. The summed E-state index contributed by atoms with van der Waals surface area (Å²) in [7, 11) is 0. The first-order valence-corrected chi connectivity index (χ1v) is 9.93. The molecule has 1 heterocycles. The summed E-state index contributed by atoms with van der Waals surface area (Å²) in [5, 5.41) is 0. The quantitative estimate of drug-likeness (QED) is 0.287. The lowest BCUT2D eigenvalue weighted by Crippen LogP contribution is -1.83. The van der Waals surface area contributed by atoms with Crippen LogP contribution in [0.2, 0.25) is 0 Å². The Morgan fingerprint density at radius 3 is 2.00 bits per heavy atom. The molecule has 1 rings (SSSR count). The Bertz CT molecular complexity index is 307. The number of hydrogen-bond acceptors (Lipinski definition) is 2. The average molecular weight is 316 g/mol. The Kier molecular flexibility index (Phi) is 11.0. The van der Waals surface area contributed by atoms with E-state index < -0.39 is 0 Å². The molecule has 1 aromatic heterocycles. The number of rotatable bonds is 12. The van der Waals surface area contributed by atoms with Crippen molar-refractivity contribution in [2.45, 2.75) is 79.6 Å². The smallest absolute Gasteiger partial charge is 0.0911 e. The van der Waals surface area contributed by atoms with E-state index in [1.165, 1.54) is 74.2 Å². The predicted octanol–water partition coefficient (Wildman–Crippen LogP) is 7.32. The lowest BCUT2D eigenvalue weighted by Gasteiger charge is -2.02. The van der Waals surface area contributed by atoms with Crippen LogP contribution in [-0.2, 0) is 0 Å². The van der Waals surface area contributed by atoms with E-state index >= 15 is 0 Å². The van der Waals surface area contributed by atoms with Crippen molar-refractivity contribution in [1.82, 2.24) is 0 Å². The van der Waals surface area contributed by atoms with Gasteiger partial charge in [0.1, 0.15) is 0 Å². The van der Waals surface area contributed by atoms with Crippen molar-refractivity contribution in [3.63, 3.8) is 0 Å². The first kappa shape index (κ1) is 17.3. The maximum Gasteiger partial charge on any atom is 0.0911 e. The van der Waals surface area contributed by atoms with Crippen molar-refractivity contribution < 1.29 is 0 Å².